The van der Waals surface area contributed by atoms with Gasteiger partial charge in [0, 0.05) is 26.0 Å². The van der Waals surface area contributed by atoms with Gasteiger partial charge in [-0.15, -0.1) is 0 Å². The Morgan fingerprint density at radius 1 is 0.750 bits per heavy atom. The van der Waals surface area contributed by atoms with Crippen molar-refractivity contribution in [3.05, 3.63) is 34.8 Å². The summed E-state index contributed by atoms with van der Waals surface area (Å²) in [4.78, 5) is 21.6. The molecule has 0 unspecified atom stereocenters. The van der Waals surface area contributed by atoms with Gasteiger partial charge in [-0.05, 0) is 0 Å². The Morgan fingerprint density at radius 2 is 1.04 bits per heavy atom. The molecule has 2 heterocycles. The summed E-state index contributed by atoms with van der Waals surface area (Å²) in [6.45, 7) is 1.99. The van der Waals surface area contributed by atoms with Gasteiger partial charge in [0.1, 0.15) is 11.1 Å². The number of hydrogen-bond donors (Lipinski definition) is 0. The number of methoxy groups -OCH3 is 2. The number of ether oxygens (including phenoxy) is 2. The Hall–Kier alpha value is -2.92. The molecular weight excluding hydrogens is 402 g/mol. The first-order valence-electron chi connectivity index (χ1n) is 7.24. The number of alkyl halides is 6. The van der Waals surface area contributed by atoms with Crippen molar-refractivity contribution in [2.45, 2.75) is 26.2 Å². The normalized spacial score (nSPS) is 11.5. The van der Waals surface area contributed by atoms with Gasteiger partial charge in [0.25, 0.3) is 11.9 Å². The lowest BCUT2D eigenvalue weighted by Gasteiger charge is -2.02. The summed E-state index contributed by atoms with van der Waals surface area (Å²) in [5, 5.41) is 0. The SMILES string of the molecule is COc1cc(C(F)(F)F)c(C(C)=O)o1.COc1cc(C(F)(F)F)c(C(C)=O)o1. The van der Waals surface area contributed by atoms with Crippen LogP contribution >= 0.6 is 0 Å². The van der Waals surface area contributed by atoms with E-state index in [9.17, 15) is 35.9 Å². The van der Waals surface area contributed by atoms with Crippen LogP contribution in [-0.4, -0.2) is 25.8 Å². The maximum Gasteiger partial charge on any atom is 0.420 e. The van der Waals surface area contributed by atoms with Crippen molar-refractivity contribution < 1.29 is 54.2 Å². The van der Waals surface area contributed by atoms with Crippen molar-refractivity contribution >= 4 is 11.6 Å². The first-order chi connectivity index (χ1) is 12.7. The molecule has 0 aliphatic heterocycles. The Morgan fingerprint density at radius 3 is 1.18 bits per heavy atom. The minimum absolute atomic E-state index is 0.331. The van der Waals surface area contributed by atoms with E-state index in [1.165, 1.54) is 0 Å². The lowest BCUT2D eigenvalue weighted by Crippen LogP contribution is -2.08. The molecule has 0 bridgehead atoms. The molecule has 28 heavy (non-hydrogen) atoms. The van der Waals surface area contributed by atoms with Gasteiger partial charge in [0.2, 0.25) is 0 Å². The summed E-state index contributed by atoms with van der Waals surface area (Å²) in [6.07, 6.45) is -9.22. The van der Waals surface area contributed by atoms with Crippen LogP contribution in [0.15, 0.2) is 21.0 Å². The molecule has 0 radical (unpaired) electrons. The molecule has 0 spiro atoms. The molecule has 2 rings (SSSR count). The van der Waals surface area contributed by atoms with Crippen LogP contribution in [0.2, 0.25) is 0 Å². The third-order valence-corrected chi connectivity index (χ3v) is 3.07. The van der Waals surface area contributed by atoms with E-state index in [0.29, 0.717) is 12.1 Å². The Labute approximate surface area is 154 Å². The highest BCUT2D eigenvalue weighted by Gasteiger charge is 2.39. The fraction of sp³-hybridized carbons (Fsp3) is 0.375. The lowest BCUT2D eigenvalue weighted by atomic mass is 10.2. The molecule has 0 aromatic carbocycles. The van der Waals surface area contributed by atoms with E-state index in [-0.39, 0.29) is 11.9 Å². The molecule has 0 aliphatic rings. The number of Topliss-reactive ketones (excluding diaryl/α,β-unsaturated/α-hetero) is 2. The molecule has 2 aromatic rings. The van der Waals surface area contributed by atoms with Crippen LogP contribution < -0.4 is 9.47 Å². The zero-order chi connectivity index (χ0) is 21.9. The van der Waals surface area contributed by atoms with E-state index >= 15 is 0 Å². The Kier molecular flexibility index (Phi) is 6.93. The minimum Gasteiger partial charge on any atom is -0.468 e. The number of halogens is 6. The molecule has 0 amide bonds. The quantitative estimate of drug-likeness (QED) is 0.515. The van der Waals surface area contributed by atoms with Crippen LogP contribution in [0.1, 0.15) is 46.1 Å². The number of hydrogen-bond acceptors (Lipinski definition) is 6. The fourth-order valence-corrected chi connectivity index (χ4v) is 1.88. The number of rotatable bonds is 4. The third-order valence-electron chi connectivity index (χ3n) is 3.07. The summed E-state index contributed by atoms with van der Waals surface area (Å²) in [5.74, 6) is -3.70. The van der Waals surface area contributed by atoms with Crippen molar-refractivity contribution in [3.63, 3.8) is 0 Å². The zero-order valence-electron chi connectivity index (χ0n) is 14.9. The van der Waals surface area contributed by atoms with Gasteiger partial charge >= 0.3 is 12.4 Å². The van der Waals surface area contributed by atoms with E-state index in [2.05, 4.69) is 18.3 Å². The molecule has 6 nitrogen and oxygen atoms in total. The molecule has 156 valence electrons. The number of carbonyl (C=O) groups excluding carboxylic acids is 2. The predicted octanol–water partition coefficient (Wildman–Crippen LogP) is 5.02. The second-order valence-electron chi connectivity index (χ2n) is 5.13. The number of carbonyl (C=O) groups is 2. The second kappa shape index (κ2) is 8.40. The standard InChI is InChI=1S/2C8H7F3O3/c2*1-4(12)7-5(8(9,10)11)3-6(13-2)14-7/h2*3H,1-2H3. The third kappa shape index (κ3) is 5.54. The Balaban J connectivity index is 0.000000280. The molecule has 0 N–H and O–H groups in total. The van der Waals surface area contributed by atoms with E-state index in [4.69, 9.17) is 0 Å². The first kappa shape index (κ1) is 23.1. The van der Waals surface area contributed by atoms with Crippen LogP contribution in [0.25, 0.3) is 0 Å². The topological polar surface area (TPSA) is 78.9 Å². The first-order valence-corrected chi connectivity index (χ1v) is 7.24. The molecule has 12 heteroatoms. The highest BCUT2D eigenvalue weighted by molar-refractivity contribution is 5.93. The van der Waals surface area contributed by atoms with Crippen LogP contribution in [0.4, 0.5) is 26.3 Å². The van der Waals surface area contributed by atoms with Gasteiger partial charge in [-0.2, -0.15) is 26.3 Å². The van der Waals surface area contributed by atoms with Gasteiger partial charge < -0.3 is 18.3 Å². The van der Waals surface area contributed by atoms with E-state index < -0.39 is 46.6 Å². The molecule has 2 aromatic heterocycles. The minimum atomic E-state index is -4.61. The molecule has 0 fully saturated rings. The smallest absolute Gasteiger partial charge is 0.420 e. The van der Waals surface area contributed by atoms with Crippen molar-refractivity contribution in [1.29, 1.82) is 0 Å². The maximum absolute atomic E-state index is 12.3. The molecule has 0 saturated heterocycles. The number of ketones is 2. The van der Waals surface area contributed by atoms with Crippen molar-refractivity contribution in [3.8, 4) is 11.9 Å². The van der Waals surface area contributed by atoms with Crippen LogP contribution in [-0.2, 0) is 12.4 Å². The maximum atomic E-state index is 12.3. The second-order valence-corrected chi connectivity index (χ2v) is 5.13. The largest absolute Gasteiger partial charge is 0.468 e. The Bertz CT molecular complexity index is 773. The molecule has 0 atom stereocenters. The van der Waals surface area contributed by atoms with Gasteiger partial charge in [0.15, 0.2) is 23.1 Å². The summed E-state index contributed by atoms with van der Waals surface area (Å²) >= 11 is 0. The summed E-state index contributed by atoms with van der Waals surface area (Å²) in [6, 6.07) is 1.30. The van der Waals surface area contributed by atoms with E-state index in [1.54, 1.807) is 0 Å². The van der Waals surface area contributed by atoms with Crippen LogP contribution in [0.5, 0.6) is 11.9 Å². The van der Waals surface area contributed by atoms with E-state index in [1.807, 2.05) is 0 Å². The highest BCUT2D eigenvalue weighted by Crippen LogP contribution is 2.37. The molecule has 0 saturated carbocycles. The van der Waals surface area contributed by atoms with Crippen molar-refractivity contribution in [1.82, 2.24) is 0 Å². The predicted molar refractivity (Wildman–Crippen MR) is 80.5 cm³/mol. The lowest BCUT2D eigenvalue weighted by molar-refractivity contribution is -0.139. The summed E-state index contributed by atoms with van der Waals surface area (Å²) in [7, 11) is 2.31. The monoisotopic (exact) mass is 416 g/mol. The number of furan rings is 2. The average Bonchev–Trinajstić information content (AvgIpc) is 3.19. The van der Waals surface area contributed by atoms with Gasteiger partial charge in [-0.3, -0.25) is 9.59 Å². The van der Waals surface area contributed by atoms with Crippen molar-refractivity contribution in [2.75, 3.05) is 14.2 Å². The van der Waals surface area contributed by atoms with Gasteiger partial charge in [-0.1, -0.05) is 0 Å². The fourth-order valence-electron chi connectivity index (χ4n) is 1.88. The van der Waals surface area contributed by atoms with Gasteiger partial charge in [-0.25, -0.2) is 0 Å². The zero-order valence-corrected chi connectivity index (χ0v) is 14.9. The average molecular weight is 416 g/mol. The molecule has 0 aliphatic carbocycles. The van der Waals surface area contributed by atoms with Crippen LogP contribution in [0.3, 0.4) is 0 Å². The highest BCUT2D eigenvalue weighted by atomic mass is 19.4. The molecular formula is C16H14F6O6. The van der Waals surface area contributed by atoms with Crippen molar-refractivity contribution in [2.24, 2.45) is 0 Å². The van der Waals surface area contributed by atoms with Crippen LogP contribution in [0, 0.1) is 0 Å². The van der Waals surface area contributed by atoms with E-state index in [0.717, 1.165) is 28.1 Å². The van der Waals surface area contributed by atoms with Gasteiger partial charge in [0.05, 0.1) is 14.2 Å². The summed E-state index contributed by atoms with van der Waals surface area (Å²) < 4.78 is 91.8. The summed E-state index contributed by atoms with van der Waals surface area (Å²) in [5.41, 5.74) is -2.22.